The Labute approximate surface area is 209 Å². The summed E-state index contributed by atoms with van der Waals surface area (Å²) in [7, 11) is 0. The molecule has 0 amide bonds. The summed E-state index contributed by atoms with van der Waals surface area (Å²) in [5.41, 5.74) is 7.66. The first-order valence-corrected chi connectivity index (χ1v) is 11.6. The van der Waals surface area contributed by atoms with Gasteiger partial charge in [0.2, 0.25) is 0 Å². The molecule has 3 N–H and O–H groups in total. The third-order valence-corrected chi connectivity index (χ3v) is 7.01. The van der Waals surface area contributed by atoms with Crippen LogP contribution in [0, 0.1) is 0 Å². The van der Waals surface area contributed by atoms with E-state index in [0.717, 1.165) is 62.9 Å². The number of rotatable bonds is 7. The Morgan fingerprint density at radius 2 is 1.81 bits per heavy atom. The lowest BCUT2D eigenvalue weighted by molar-refractivity contribution is -0.0294. The minimum atomic E-state index is -0.680. The molecule has 0 aromatic heterocycles. The lowest BCUT2D eigenvalue weighted by Crippen LogP contribution is -2.44. The molecule has 2 atom stereocenters. The molecule has 2 aromatic rings. The lowest BCUT2D eigenvalue weighted by Gasteiger charge is -2.41. The van der Waals surface area contributed by atoms with Crippen molar-refractivity contribution in [2.75, 3.05) is 19.6 Å². The van der Waals surface area contributed by atoms with Gasteiger partial charge in [0, 0.05) is 25.0 Å². The van der Waals surface area contributed by atoms with Crippen molar-refractivity contribution in [3.05, 3.63) is 64.7 Å². The van der Waals surface area contributed by atoms with Gasteiger partial charge in [-0.25, -0.2) is 0 Å². The first-order valence-electron chi connectivity index (χ1n) is 11.2. The topological polar surface area (TPSA) is 58.7 Å². The molecule has 1 unspecified atom stereocenters. The van der Waals surface area contributed by atoms with Gasteiger partial charge in [0.1, 0.15) is 12.4 Å². The van der Waals surface area contributed by atoms with E-state index < -0.39 is 5.60 Å². The van der Waals surface area contributed by atoms with Gasteiger partial charge in [-0.15, -0.1) is 24.8 Å². The number of nitrogens with two attached hydrogens (primary N) is 1. The summed E-state index contributed by atoms with van der Waals surface area (Å²) in [5.74, 6) is 0.714. The average Bonchev–Trinajstić information content (AvgIpc) is 3.17. The molecule has 0 spiro atoms. The van der Waals surface area contributed by atoms with Gasteiger partial charge in [-0.2, -0.15) is 0 Å². The lowest BCUT2D eigenvalue weighted by atomic mass is 9.72. The number of ether oxygens (including phenoxy) is 1. The van der Waals surface area contributed by atoms with Gasteiger partial charge in [0.15, 0.2) is 0 Å². The quantitative estimate of drug-likeness (QED) is 0.520. The van der Waals surface area contributed by atoms with Crippen molar-refractivity contribution in [3.8, 4) is 5.75 Å². The third kappa shape index (κ3) is 6.75. The van der Waals surface area contributed by atoms with E-state index >= 15 is 0 Å². The molecule has 32 heavy (non-hydrogen) atoms. The number of nitrogens with zero attached hydrogens (tertiary/aromatic N) is 1. The maximum Gasteiger partial charge on any atom is 0.138 e. The van der Waals surface area contributed by atoms with Crippen LogP contribution in [0.3, 0.4) is 0 Å². The van der Waals surface area contributed by atoms with Crippen molar-refractivity contribution in [1.29, 1.82) is 0 Å². The molecule has 1 saturated carbocycles. The predicted molar refractivity (Wildman–Crippen MR) is 137 cm³/mol. The number of hydrogen-bond acceptors (Lipinski definition) is 4. The Bertz CT molecular complexity index is 831. The third-order valence-electron chi connectivity index (χ3n) is 6.71. The maximum absolute atomic E-state index is 11.6. The van der Waals surface area contributed by atoms with E-state index in [0.29, 0.717) is 17.4 Å². The molecule has 1 saturated heterocycles. The zero-order chi connectivity index (χ0) is 21.0. The van der Waals surface area contributed by atoms with E-state index in [-0.39, 0.29) is 36.8 Å². The molecule has 1 aliphatic heterocycles. The van der Waals surface area contributed by atoms with Crippen LogP contribution in [-0.2, 0) is 6.61 Å². The number of hydrogen-bond donors (Lipinski definition) is 2. The molecule has 0 radical (unpaired) electrons. The standard InChI is InChI=1S/C25H33ClN2O2.2ClH/c26-23-15-20(9-10-24(23)30-18-19-7-3-1-4-8-19)22(17-28-14-11-21(27)16-28)25(29)12-5-2-6-13-25;;/h1,3-4,7-10,15,21-22,29H,2,5-6,11-14,16-18,27H2;2*1H/t21-,22?;;/m0../s1. The average molecular weight is 502 g/mol. The normalized spacial score (nSPS) is 21.3. The summed E-state index contributed by atoms with van der Waals surface area (Å²) < 4.78 is 5.95. The van der Waals surface area contributed by atoms with Crippen molar-refractivity contribution in [2.45, 2.75) is 62.7 Å². The molecule has 4 nitrogen and oxygen atoms in total. The molecule has 0 bridgehead atoms. The summed E-state index contributed by atoms with van der Waals surface area (Å²) in [5, 5.41) is 12.2. The molecular formula is C25H35Cl3N2O2. The molecule has 2 aromatic carbocycles. The molecule has 2 fully saturated rings. The second-order valence-electron chi connectivity index (χ2n) is 8.99. The van der Waals surface area contributed by atoms with Gasteiger partial charge in [-0.05, 0) is 49.1 Å². The largest absolute Gasteiger partial charge is 0.487 e. The minimum Gasteiger partial charge on any atom is -0.487 e. The van der Waals surface area contributed by atoms with Crippen LogP contribution < -0.4 is 10.5 Å². The first-order chi connectivity index (χ1) is 14.5. The number of halogens is 3. The number of benzene rings is 2. The number of aliphatic hydroxyl groups is 1. The van der Waals surface area contributed by atoms with Crippen LogP contribution in [0.15, 0.2) is 48.5 Å². The maximum atomic E-state index is 11.6. The van der Waals surface area contributed by atoms with Gasteiger partial charge in [-0.3, -0.25) is 0 Å². The smallest absolute Gasteiger partial charge is 0.138 e. The molecular weight excluding hydrogens is 467 g/mol. The summed E-state index contributed by atoms with van der Waals surface area (Å²) in [4.78, 5) is 2.40. The SMILES string of the molecule is Cl.Cl.N[C@H]1CCN(CC(c2ccc(OCc3ccccc3)c(Cl)c2)C2(O)CCCCC2)C1. The van der Waals surface area contributed by atoms with Gasteiger partial charge < -0.3 is 20.5 Å². The highest BCUT2D eigenvalue weighted by molar-refractivity contribution is 6.32. The van der Waals surface area contributed by atoms with Gasteiger partial charge in [0.25, 0.3) is 0 Å². The predicted octanol–water partition coefficient (Wildman–Crippen LogP) is 5.57. The van der Waals surface area contributed by atoms with Crippen molar-refractivity contribution in [2.24, 2.45) is 5.73 Å². The summed E-state index contributed by atoms with van der Waals surface area (Å²) >= 11 is 6.62. The zero-order valence-electron chi connectivity index (χ0n) is 18.4. The number of likely N-dealkylation sites (tertiary alicyclic amines) is 1. The second-order valence-corrected chi connectivity index (χ2v) is 9.40. The minimum absolute atomic E-state index is 0. The Morgan fingerprint density at radius 1 is 1.09 bits per heavy atom. The van der Waals surface area contributed by atoms with Crippen LogP contribution in [0.5, 0.6) is 5.75 Å². The van der Waals surface area contributed by atoms with Crippen molar-refractivity contribution in [3.63, 3.8) is 0 Å². The summed E-state index contributed by atoms with van der Waals surface area (Å²) in [6.45, 7) is 3.21. The van der Waals surface area contributed by atoms with Crippen LogP contribution >= 0.6 is 36.4 Å². The fraction of sp³-hybridized carbons (Fsp3) is 0.520. The van der Waals surface area contributed by atoms with Gasteiger partial charge >= 0.3 is 0 Å². The van der Waals surface area contributed by atoms with E-state index in [1.165, 1.54) is 6.42 Å². The fourth-order valence-electron chi connectivity index (χ4n) is 4.97. The van der Waals surface area contributed by atoms with Crippen molar-refractivity contribution < 1.29 is 9.84 Å². The molecule has 178 valence electrons. The molecule has 7 heteroatoms. The molecule has 1 heterocycles. The highest BCUT2D eigenvalue weighted by atomic mass is 35.5. The highest BCUT2D eigenvalue weighted by Crippen LogP contribution is 2.42. The Morgan fingerprint density at radius 3 is 2.44 bits per heavy atom. The van der Waals surface area contributed by atoms with Gasteiger partial charge in [-0.1, -0.05) is 67.3 Å². The van der Waals surface area contributed by atoms with E-state index in [2.05, 4.69) is 11.0 Å². The van der Waals surface area contributed by atoms with E-state index in [1.807, 2.05) is 42.5 Å². The fourth-order valence-corrected chi connectivity index (χ4v) is 5.21. The van der Waals surface area contributed by atoms with Gasteiger partial charge in [0.05, 0.1) is 10.6 Å². The van der Waals surface area contributed by atoms with E-state index in [9.17, 15) is 5.11 Å². The molecule has 4 rings (SSSR count). The first kappa shape index (κ1) is 27.2. The van der Waals surface area contributed by atoms with E-state index in [1.54, 1.807) is 0 Å². The monoisotopic (exact) mass is 500 g/mol. The van der Waals surface area contributed by atoms with Crippen LogP contribution in [0.2, 0.25) is 5.02 Å². The second kappa shape index (κ2) is 12.5. The van der Waals surface area contributed by atoms with Crippen LogP contribution in [0.25, 0.3) is 0 Å². The van der Waals surface area contributed by atoms with Crippen molar-refractivity contribution in [1.82, 2.24) is 4.90 Å². The van der Waals surface area contributed by atoms with E-state index in [4.69, 9.17) is 22.1 Å². The van der Waals surface area contributed by atoms with Crippen LogP contribution in [0.1, 0.15) is 55.6 Å². The Hall–Kier alpha value is -1.01. The highest BCUT2D eigenvalue weighted by Gasteiger charge is 2.40. The molecule has 1 aliphatic carbocycles. The van der Waals surface area contributed by atoms with Crippen LogP contribution in [0.4, 0.5) is 0 Å². The van der Waals surface area contributed by atoms with Crippen molar-refractivity contribution >= 4 is 36.4 Å². The molecule has 2 aliphatic rings. The van der Waals surface area contributed by atoms with Crippen LogP contribution in [-0.4, -0.2) is 41.3 Å². The zero-order valence-corrected chi connectivity index (χ0v) is 20.8. The Kier molecular flexibility index (Phi) is 10.6. The summed E-state index contributed by atoms with van der Waals surface area (Å²) in [6.07, 6.45) is 6.09. The Balaban J connectivity index is 0.00000181. The summed E-state index contributed by atoms with van der Waals surface area (Å²) in [6, 6.07) is 16.4.